The van der Waals surface area contributed by atoms with E-state index in [2.05, 4.69) is 0 Å². The highest BCUT2D eigenvalue weighted by atomic mass is 32.2. The van der Waals surface area contributed by atoms with Gasteiger partial charge in [-0.05, 0) is 31.6 Å². The molecule has 0 aromatic heterocycles. The Morgan fingerprint density at radius 1 is 1.25 bits per heavy atom. The lowest BCUT2D eigenvalue weighted by molar-refractivity contribution is -0.156. The molecule has 5 nitrogen and oxygen atoms in total. The first-order valence-electron chi connectivity index (χ1n) is 7.13. The van der Waals surface area contributed by atoms with Crippen molar-refractivity contribution >= 4 is 23.6 Å². The minimum atomic E-state index is -0.896. The molecule has 0 aromatic carbocycles. The monoisotopic (exact) mass is 296 g/mol. The smallest absolute Gasteiger partial charge is 0.326 e. The second-order valence-electron chi connectivity index (χ2n) is 5.50. The van der Waals surface area contributed by atoms with Gasteiger partial charge in [-0.1, -0.05) is 12.8 Å². The van der Waals surface area contributed by atoms with Gasteiger partial charge in [-0.2, -0.15) is 5.26 Å². The normalized spacial score (nSPS) is 29.4. The third-order valence-electron chi connectivity index (χ3n) is 4.34. The fourth-order valence-corrected chi connectivity index (χ4v) is 4.01. The summed E-state index contributed by atoms with van der Waals surface area (Å²) in [5, 5.41) is 17.9. The molecule has 1 saturated heterocycles. The molecular weight excluding hydrogens is 276 g/mol. The van der Waals surface area contributed by atoms with Gasteiger partial charge in [-0.3, -0.25) is 4.79 Å². The molecule has 3 unspecified atom stereocenters. The second kappa shape index (κ2) is 6.98. The van der Waals surface area contributed by atoms with Crippen molar-refractivity contribution < 1.29 is 14.7 Å². The molecule has 20 heavy (non-hydrogen) atoms. The Morgan fingerprint density at radius 2 is 2.00 bits per heavy atom. The van der Waals surface area contributed by atoms with Crippen LogP contribution >= 0.6 is 11.8 Å². The van der Waals surface area contributed by atoms with Crippen molar-refractivity contribution in [2.75, 3.05) is 11.5 Å². The van der Waals surface area contributed by atoms with E-state index in [-0.39, 0.29) is 23.5 Å². The molecule has 0 radical (unpaired) electrons. The van der Waals surface area contributed by atoms with Crippen LogP contribution in [0, 0.1) is 17.2 Å². The molecule has 3 atom stereocenters. The summed E-state index contributed by atoms with van der Waals surface area (Å²) in [5.41, 5.74) is 0. The molecule has 0 bridgehead atoms. The van der Waals surface area contributed by atoms with Crippen molar-refractivity contribution in [3.05, 3.63) is 0 Å². The fraction of sp³-hybridized carbons (Fsp3) is 0.786. The molecule has 1 saturated carbocycles. The van der Waals surface area contributed by atoms with E-state index in [0.29, 0.717) is 12.3 Å². The predicted molar refractivity (Wildman–Crippen MR) is 76.2 cm³/mol. The number of hydrogen-bond acceptors (Lipinski definition) is 4. The lowest BCUT2D eigenvalue weighted by Crippen LogP contribution is -2.57. The molecule has 2 fully saturated rings. The molecule has 1 aliphatic heterocycles. The summed E-state index contributed by atoms with van der Waals surface area (Å²) in [4.78, 5) is 25.4. The van der Waals surface area contributed by atoms with Crippen LogP contribution < -0.4 is 0 Å². The van der Waals surface area contributed by atoms with Crippen molar-refractivity contribution in [1.29, 1.82) is 5.26 Å². The third kappa shape index (κ3) is 3.26. The van der Waals surface area contributed by atoms with Gasteiger partial charge in [0.25, 0.3) is 0 Å². The van der Waals surface area contributed by atoms with Gasteiger partial charge in [0.1, 0.15) is 6.04 Å². The van der Waals surface area contributed by atoms with E-state index in [1.807, 2.05) is 6.07 Å². The molecule has 0 aromatic rings. The number of rotatable bonds is 4. The Kier molecular flexibility index (Phi) is 5.30. The lowest BCUT2D eigenvalue weighted by atomic mass is 9.76. The number of piperidine rings is 1. The van der Waals surface area contributed by atoms with Crippen LogP contribution in [-0.2, 0) is 9.59 Å². The van der Waals surface area contributed by atoms with E-state index in [9.17, 15) is 14.7 Å². The van der Waals surface area contributed by atoms with Crippen molar-refractivity contribution in [2.24, 2.45) is 5.92 Å². The van der Waals surface area contributed by atoms with Crippen LogP contribution in [0.5, 0.6) is 0 Å². The third-order valence-corrected chi connectivity index (χ3v) is 5.12. The number of nitrogens with zero attached hydrogens (tertiary/aromatic N) is 2. The van der Waals surface area contributed by atoms with Crippen molar-refractivity contribution in [3.8, 4) is 6.07 Å². The maximum atomic E-state index is 12.4. The number of carbonyl (C=O) groups excluding carboxylic acids is 1. The Bertz CT molecular complexity index is 421. The zero-order valence-electron chi connectivity index (χ0n) is 11.5. The maximum absolute atomic E-state index is 12.4. The molecule has 1 amide bonds. The molecule has 110 valence electrons. The Hall–Kier alpha value is -1.22. The van der Waals surface area contributed by atoms with E-state index in [1.165, 1.54) is 18.2 Å². The number of amides is 1. The van der Waals surface area contributed by atoms with Crippen LogP contribution in [0.3, 0.4) is 0 Å². The van der Waals surface area contributed by atoms with Crippen LogP contribution in [-0.4, -0.2) is 45.5 Å². The topological polar surface area (TPSA) is 81.4 Å². The summed E-state index contributed by atoms with van der Waals surface area (Å²) in [6, 6.07) is 1.41. The van der Waals surface area contributed by atoms with Crippen molar-refractivity contribution in [3.63, 3.8) is 0 Å². The van der Waals surface area contributed by atoms with Gasteiger partial charge in [0.15, 0.2) is 0 Å². The zero-order chi connectivity index (χ0) is 14.5. The summed E-state index contributed by atoms with van der Waals surface area (Å²) in [6.45, 7) is 0. The summed E-state index contributed by atoms with van der Waals surface area (Å²) in [6.07, 6.45) is 5.75. The summed E-state index contributed by atoms with van der Waals surface area (Å²) >= 11 is 1.26. The van der Waals surface area contributed by atoms with Gasteiger partial charge >= 0.3 is 5.97 Å². The van der Waals surface area contributed by atoms with Gasteiger partial charge in [-0.15, -0.1) is 11.8 Å². The first kappa shape index (κ1) is 15.2. The van der Waals surface area contributed by atoms with E-state index in [1.54, 1.807) is 4.90 Å². The number of aliphatic carboxylic acids is 1. The SMILES string of the molecule is N#CCSCC(=O)N1C(C(=O)O)CCC2CCCCC21. The van der Waals surface area contributed by atoms with Crippen LogP contribution in [0.15, 0.2) is 0 Å². The minimum absolute atomic E-state index is 0.0915. The van der Waals surface area contributed by atoms with E-state index < -0.39 is 12.0 Å². The highest BCUT2D eigenvalue weighted by Crippen LogP contribution is 2.38. The van der Waals surface area contributed by atoms with Gasteiger partial charge in [-0.25, -0.2) is 4.79 Å². The Morgan fingerprint density at radius 3 is 2.70 bits per heavy atom. The number of carboxylic acid groups (broad SMARTS) is 1. The largest absolute Gasteiger partial charge is 0.480 e. The lowest BCUT2D eigenvalue weighted by Gasteiger charge is -2.47. The number of fused-ring (bicyclic) bond motifs is 1. The summed E-state index contributed by atoms with van der Waals surface area (Å²) < 4.78 is 0. The molecule has 2 rings (SSSR count). The van der Waals surface area contributed by atoms with Gasteiger partial charge < -0.3 is 10.0 Å². The van der Waals surface area contributed by atoms with E-state index >= 15 is 0 Å². The minimum Gasteiger partial charge on any atom is -0.480 e. The second-order valence-corrected chi connectivity index (χ2v) is 6.48. The summed E-state index contributed by atoms with van der Waals surface area (Å²) in [5.74, 6) is -0.0717. The quantitative estimate of drug-likeness (QED) is 0.801. The van der Waals surface area contributed by atoms with Crippen LogP contribution in [0.25, 0.3) is 0 Å². The molecule has 1 aliphatic carbocycles. The molecule has 2 aliphatic rings. The first-order valence-corrected chi connectivity index (χ1v) is 8.29. The van der Waals surface area contributed by atoms with Gasteiger partial charge in [0, 0.05) is 6.04 Å². The molecule has 0 spiro atoms. The van der Waals surface area contributed by atoms with Crippen LogP contribution in [0.4, 0.5) is 0 Å². The molecule has 1 N–H and O–H groups in total. The fourth-order valence-electron chi connectivity index (χ4n) is 3.49. The number of thioether (sulfide) groups is 1. The van der Waals surface area contributed by atoms with E-state index in [4.69, 9.17) is 5.26 Å². The maximum Gasteiger partial charge on any atom is 0.326 e. The molecule has 1 heterocycles. The average Bonchev–Trinajstić information content (AvgIpc) is 2.46. The number of carbonyl (C=O) groups is 2. The zero-order valence-corrected chi connectivity index (χ0v) is 12.3. The highest BCUT2D eigenvalue weighted by Gasteiger charge is 2.43. The van der Waals surface area contributed by atoms with Crippen molar-refractivity contribution in [1.82, 2.24) is 4.90 Å². The predicted octanol–water partition coefficient (Wildman–Crippen LogP) is 1.88. The highest BCUT2D eigenvalue weighted by molar-refractivity contribution is 8.00. The number of nitriles is 1. The Labute approximate surface area is 123 Å². The van der Waals surface area contributed by atoms with Crippen molar-refractivity contribution in [2.45, 2.75) is 50.6 Å². The number of likely N-dealkylation sites (tertiary alicyclic amines) is 1. The number of hydrogen-bond donors (Lipinski definition) is 1. The molecular formula is C14H20N2O3S. The standard InChI is InChI=1S/C14H20N2O3S/c15-7-8-20-9-13(17)16-11-4-2-1-3-10(11)5-6-12(16)14(18)19/h10-12H,1-6,8-9H2,(H,18,19). The first-order chi connectivity index (χ1) is 9.65. The van der Waals surface area contributed by atoms with E-state index in [0.717, 1.165) is 25.7 Å². The van der Waals surface area contributed by atoms with Gasteiger partial charge in [0.2, 0.25) is 5.91 Å². The summed E-state index contributed by atoms with van der Waals surface area (Å²) in [7, 11) is 0. The van der Waals surface area contributed by atoms with Crippen LogP contribution in [0.2, 0.25) is 0 Å². The average molecular weight is 296 g/mol. The van der Waals surface area contributed by atoms with Gasteiger partial charge in [0.05, 0.1) is 17.6 Å². The Balaban J connectivity index is 2.10. The van der Waals surface area contributed by atoms with Crippen LogP contribution in [0.1, 0.15) is 38.5 Å². The molecule has 6 heteroatoms. The number of carboxylic acids is 1.